The number of nitrogens with one attached hydrogen (secondary N) is 1. The fourth-order valence-corrected chi connectivity index (χ4v) is 4.42. The number of anilines is 1. The van der Waals surface area contributed by atoms with Crippen molar-refractivity contribution in [1.82, 2.24) is 19.6 Å². The number of hydrogen-bond donors (Lipinski definition) is 2. The van der Waals surface area contributed by atoms with Crippen molar-refractivity contribution in [2.75, 3.05) is 37.6 Å². The number of primary sulfonamides is 1. The van der Waals surface area contributed by atoms with E-state index in [-0.39, 0.29) is 4.90 Å². The topological polar surface area (TPSA) is 117 Å². The summed E-state index contributed by atoms with van der Waals surface area (Å²) < 4.78 is 27.5. The van der Waals surface area contributed by atoms with Crippen LogP contribution in [-0.4, -0.2) is 61.4 Å². The molecule has 1 aromatic heterocycles. The van der Waals surface area contributed by atoms with Gasteiger partial charge in [0.05, 0.1) is 11.4 Å². The highest BCUT2D eigenvalue weighted by Crippen LogP contribution is 2.19. The molecule has 0 spiro atoms. The Balaban J connectivity index is 1.65. The summed E-state index contributed by atoms with van der Waals surface area (Å²) in [6, 6.07) is 6.59. The standard InChI is InChI=1S/C18H27N7O2S2/c1-3-16-22-18(28-23-16)25-10-8-24(9-11-25)17(20-4-2)21-13-14-6-5-7-15(12-14)29(19,26)27/h5-7,12H,3-4,8-11,13H2,1-2H3,(H,20,21)(H2,19,26,27). The summed E-state index contributed by atoms with van der Waals surface area (Å²) in [6.45, 7) is 8.57. The van der Waals surface area contributed by atoms with Crippen LogP contribution < -0.4 is 15.4 Å². The number of aliphatic imine (C=N–C) groups is 1. The van der Waals surface area contributed by atoms with E-state index in [4.69, 9.17) is 10.1 Å². The number of hydrogen-bond acceptors (Lipinski definition) is 7. The molecule has 0 unspecified atom stereocenters. The molecule has 0 radical (unpaired) electrons. The molecule has 0 amide bonds. The van der Waals surface area contributed by atoms with E-state index < -0.39 is 10.0 Å². The second kappa shape index (κ2) is 9.51. The van der Waals surface area contributed by atoms with Crippen LogP contribution in [0.25, 0.3) is 0 Å². The third kappa shape index (κ3) is 5.64. The van der Waals surface area contributed by atoms with Crippen LogP contribution in [0.15, 0.2) is 34.2 Å². The van der Waals surface area contributed by atoms with Gasteiger partial charge in [-0.3, -0.25) is 0 Å². The number of benzene rings is 1. The monoisotopic (exact) mass is 437 g/mol. The van der Waals surface area contributed by atoms with Crippen LogP contribution in [0.1, 0.15) is 25.2 Å². The summed E-state index contributed by atoms with van der Waals surface area (Å²) in [5.74, 6) is 1.71. The van der Waals surface area contributed by atoms with Crippen LogP contribution in [-0.2, 0) is 23.0 Å². The Hall–Kier alpha value is -2.24. The van der Waals surface area contributed by atoms with Crippen LogP contribution in [0.5, 0.6) is 0 Å². The zero-order valence-electron chi connectivity index (χ0n) is 16.7. The van der Waals surface area contributed by atoms with E-state index in [2.05, 4.69) is 31.4 Å². The van der Waals surface area contributed by atoms with Crippen molar-refractivity contribution >= 4 is 32.6 Å². The summed E-state index contributed by atoms with van der Waals surface area (Å²) in [5.41, 5.74) is 0.798. The van der Waals surface area contributed by atoms with E-state index in [0.717, 1.165) is 61.6 Å². The first-order valence-electron chi connectivity index (χ1n) is 9.63. The largest absolute Gasteiger partial charge is 0.357 e. The molecule has 3 rings (SSSR count). The Morgan fingerprint density at radius 3 is 2.66 bits per heavy atom. The van der Waals surface area contributed by atoms with Gasteiger partial charge in [0.2, 0.25) is 15.2 Å². The van der Waals surface area contributed by atoms with Gasteiger partial charge >= 0.3 is 0 Å². The van der Waals surface area contributed by atoms with Gasteiger partial charge in [-0.2, -0.15) is 4.37 Å². The van der Waals surface area contributed by atoms with E-state index in [9.17, 15) is 8.42 Å². The van der Waals surface area contributed by atoms with Crippen LogP contribution in [0.2, 0.25) is 0 Å². The zero-order valence-corrected chi connectivity index (χ0v) is 18.3. The van der Waals surface area contributed by atoms with Crippen molar-refractivity contribution in [1.29, 1.82) is 0 Å². The van der Waals surface area contributed by atoms with Crippen molar-refractivity contribution in [3.63, 3.8) is 0 Å². The smallest absolute Gasteiger partial charge is 0.238 e. The van der Waals surface area contributed by atoms with Gasteiger partial charge in [-0.1, -0.05) is 19.1 Å². The van der Waals surface area contributed by atoms with Gasteiger partial charge in [0, 0.05) is 50.7 Å². The average molecular weight is 438 g/mol. The van der Waals surface area contributed by atoms with Gasteiger partial charge in [0.1, 0.15) is 5.82 Å². The van der Waals surface area contributed by atoms with Crippen LogP contribution in [0, 0.1) is 0 Å². The molecule has 29 heavy (non-hydrogen) atoms. The quantitative estimate of drug-likeness (QED) is 0.512. The van der Waals surface area contributed by atoms with E-state index in [1.54, 1.807) is 12.1 Å². The third-order valence-corrected chi connectivity index (χ3v) is 6.32. The highest BCUT2D eigenvalue weighted by molar-refractivity contribution is 7.89. The van der Waals surface area contributed by atoms with Crippen LogP contribution in [0.3, 0.4) is 0 Å². The van der Waals surface area contributed by atoms with Crippen molar-refractivity contribution < 1.29 is 8.42 Å². The molecule has 1 aliphatic rings. The molecule has 1 aliphatic heterocycles. The number of nitrogens with two attached hydrogens (primary N) is 1. The maximum Gasteiger partial charge on any atom is 0.238 e. The zero-order chi connectivity index (χ0) is 20.9. The van der Waals surface area contributed by atoms with Gasteiger partial charge in [-0.15, -0.1) is 0 Å². The predicted molar refractivity (Wildman–Crippen MR) is 116 cm³/mol. The normalized spacial score (nSPS) is 15.6. The molecule has 1 fully saturated rings. The minimum absolute atomic E-state index is 0.104. The third-order valence-electron chi connectivity index (χ3n) is 4.60. The minimum atomic E-state index is -3.72. The number of aryl methyl sites for hydroxylation is 1. The fraction of sp³-hybridized carbons (Fsp3) is 0.500. The van der Waals surface area contributed by atoms with E-state index in [1.165, 1.54) is 17.6 Å². The first-order valence-corrected chi connectivity index (χ1v) is 11.9. The molecule has 11 heteroatoms. The number of rotatable bonds is 6. The summed E-state index contributed by atoms with van der Waals surface area (Å²) in [6.07, 6.45) is 0.848. The Labute approximate surface area is 175 Å². The maximum atomic E-state index is 11.5. The lowest BCUT2D eigenvalue weighted by molar-refractivity contribution is 0.372. The molecule has 0 bridgehead atoms. The first-order chi connectivity index (χ1) is 13.9. The lowest BCUT2D eigenvalue weighted by atomic mass is 10.2. The lowest BCUT2D eigenvalue weighted by Gasteiger charge is -2.36. The number of piperazine rings is 1. The molecule has 0 saturated carbocycles. The van der Waals surface area contributed by atoms with Crippen LogP contribution in [0.4, 0.5) is 5.13 Å². The second-order valence-corrected chi connectivity index (χ2v) is 8.98. The SMILES string of the molecule is CCNC(=NCc1cccc(S(N)(=O)=O)c1)N1CCN(c2nc(CC)ns2)CC1. The number of guanidine groups is 1. The summed E-state index contributed by atoms with van der Waals surface area (Å²) in [4.78, 5) is 13.8. The molecule has 9 nitrogen and oxygen atoms in total. The molecular weight excluding hydrogens is 410 g/mol. The minimum Gasteiger partial charge on any atom is -0.357 e. The van der Waals surface area contributed by atoms with Gasteiger partial charge in [0.15, 0.2) is 5.96 Å². The Morgan fingerprint density at radius 1 is 1.28 bits per heavy atom. The molecule has 1 aromatic carbocycles. The molecule has 158 valence electrons. The maximum absolute atomic E-state index is 11.5. The van der Waals surface area contributed by atoms with E-state index in [1.807, 2.05) is 13.0 Å². The van der Waals surface area contributed by atoms with E-state index in [0.29, 0.717) is 6.54 Å². The average Bonchev–Trinajstić information content (AvgIpc) is 3.20. The number of sulfonamides is 1. The van der Waals surface area contributed by atoms with Crippen molar-refractivity contribution in [3.8, 4) is 0 Å². The van der Waals surface area contributed by atoms with Crippen molar-refractivity contribution in [2.24, 2.45) is 10.1 Å². The molecule has 1 saturated heterocycles. The molecular formula is C18H27N7O2S2. The molecule has 0 atom stereocenters. The van der Waals surface area contributed by atoms with Gasteiger partial charge in [0.25, 0.3) is 0 Å². The Bertz CT molecular complexity index is 951. The summed E-state index contributed by atoms with van der Waals surface area (Å²) in [7, 11) is -3.72. The van der Waals surface area contributed by atoms with Crippen molar-refractivity contribution in [3.05, 3.63) is 35.7 Å². The summed E-state index contributed by atoms with van der Waals surface area (Å²) in [5, 5.41) is 9.52. The van der Waals surface area contributed by atoms with Gasteiger partial charge < -0.3 is 15.1 Å². The fourth-order valence-electron chi connectivity index (χ4n) is 3.04. The number of aromatic nitrogens is 2. The van der Waals surface area contributed by atoms with Crippen molar-refractivity contribution in [2.45, 2.75) is 31.7 Å². The predicted octanol–water partition coefficient (Wildman–Crippen LogP) is 1.04. The lowest BCUT2D eigenvalue weighted by Crippen LogP contribution is -2.52. The second-order valence-electron chi connectivity index (χ2n) is 6.68. The number of nitrogens with zero attached hydrogens (tertiary/aromatic N) is 5. The Kier molecular flexibility index (Phi) is 7.04. The van der Waals surface area contributed by atoms with E-state index >= 15 is 0 Å². The van der Waals surface area contributed by atoms with Crippen LogP contribution >= 0.6 is 11.5 Å². The molecule has 0 aliphatic carbocycles. The van der Waals surface area contributed by atoms with Gasteiger partial charge in [-0.25, -0.2) is 23.5 Å². The summed E-state index contributed by atoms with van der Waals surface area (Å²) >= 11 is 1.45. The highest BCUT2D eigenvalue weighted by Gasteiger charge is 2.22. The first kappa shape index (κ1) is 21.5. The van der Waals surface area contributed by atoms with Gasteiger partial charge in [-0.05, 0) is 24.6 Å². The Morgan fingerprint density at radius 2 is 2.03 bits per heavy atom. The molecule has 3 N–H and O–H groups in total. The highest BCUT2D eigenvalue weighted by atomic mass is 32.2. The molecule has 2 heterocycles. The molecule has 2 aromatic rings.